The number of hydrogen-bond acceptors (Lipinski definition) is 3. The van der Waals surface area contributed by atoms with Gasteiger partial charge in [0, 0.05) is 11.6 Å². The Labute approximate surface area is 142 Å². The van der Waals surface area contributed by atoms with Crippen molar-refractivity contribution < 1.29 is 9.53 Å². The van der Waals surface area contributed by atoms with Crippen LogP contribution in [0.25, 0.3) is 0 Å². The van der Waals surface area contributed by atoms with E-state index in [-0.39, 0.29) is 24.4 Å². The van der Waals surface area contributed by atoms with Gasteiger partial charge >= 0.3 is 0 Å². The smallest absolute Gasteiger partial charge is 0.242 e. The minimum atomic E-state index is -0.651. The largest absolute Gasteiger partial charge is 0.370 e. The van der Waals surface area contributed by atoms with E-state index in [1.807, 2.05) is 29.2 Å². The Morgan fingerprint density at radius 1 is 1.27 bits per heavy atom. The van der Waals surface area contributed by atoms with Gasteiger partial charge in [-0.15, -0.1) is 12.4 Å². The maximum Gasteiger partial charge on any atom is 0.242 e. The van der Waals surface area contributed by atoms with E-state index >= 15 is 0 Å². The average molecular weight is 345 g/mol. The number of rotatable bonds is 2. The summed E-state index contributed by atoms with van der Waals surface area (Å²) in [6.45, 7) is 1.75. The van der Waals surface area contributed by atoms with Gasteiger partial charge in [-0.2, -0.15) is 0 Å². The van der Waals surface area contributed by atoms with E-state index in [4.69, 9.17) is 22.1 Å². The minimum absolute atomic E-state index is 0. The Balaban J connectivity index is 0.00000176. The maximum atomic E-state index is 12.7. The van der Waals surface area contributed by atoms with E-state index in [1.54, 1.807) is 0 Å². The molecule has 4 nitrogen and oxygen atoms in total. The van der Waals surface area contributed by atoms with E-state index in [2.05, 4.69) is 0 Å². The highest BCUT2D eigenvalue weighted by molar-refractivity contribution is 6.30. The Morgan fingerprint density at radius 2 is 1.91 bits per heavy atom. The molecule has 3 rings (SSSR count). The second kappa shape index (κ2) is 7.18. The van der Waals surface area contributed by atoms with Gasteiger partial charge in [0.25, 0.3) is 0 Å². The molecule has 1 aromatic rings. The van der Waals surface area contributed by atoms with Crippen molar-refractivity contribution >= 4 is 29.9 Å². The van der Waals surface area contributed by atoms with Crippen LogP contribution >= 0.6 is 24.0 Å². The predicted molar refractivity (Wildman–Crippen MR) is 89.4 cm³/mol. The third-order valence-electron chi connectivity index (χ3n) is 4.52. The molecule has 2 N–H and O–H groups in total. The number of amides is 1. The summed E-state index contributed by atoms with van der Waals surface area (Å²) in [7, 11) is 0. The van der Waals surface area contributed by atoms with Crippen LogP contribution in [0.1, 0.15) is 37.4 Å². The molecule has 1 atom stereocenters. The summed E-state index contributed by atoms with van der Waals surface area (Å²) in [5, 5.41) is 0.703. The highest BCUT2D eigenvalue weighted by Gasteiger charge is 2.41. The fourth-order valence-corrected chi connectivity index (χ4v) is 3.37. The molecule has 2 aliphatic rings. The Kier molecular flexibility index (Phi) is 5.72. The first kappa shape index (κ1) is 17.5. The monoisotopic (exact) mass is 344 g/mol. The van der Waals surface area contributed by atoms with Crippen molar-refractivity contribution in [3.8, 4) is 0 Å². The maximum absolute atomic E-state index is 12.7. The zero-order chi connectivity index (χ0) is 14.9. The van der Waals surface area contributed by atoms with Crippen molar-refractivity contribution in [2.24, 2.45) is 5.73 Å². The third-order valence-corrected chi connectivity index (χ3v) is 4.77. The Bertz CT molecular complexity index is 515. The van der Waals surface area contributed by atoms with Gasteiger partial charge in [-0.1, -0.05) is 36.6 Å². The highest BCUT2D eigenvalue weighted by Crippen LogP contribution is 2.31. The fourth-order valence-electron chi connectivity index (χ4n) is 3.25. The van der Waals surface area contributed by atoms with E-state index in [1.165, 1.54) is 0 Å². The minimum Gasteiger partial charge on any atom is -0.370 e. The molecule has 0 radical (unpaired) electrons. The molecule has 1 aromatic carbocycles. The molecule has 1 heterocycles. The van der Waals surface area contributed by atoms with Crippen molar-refractivity contribution in [3.05, 3.63) is 34.9 Å². The molecule has 1 aliphatic heterocycles. The Hall–Kier alpha value is -0.810. The van der Waals surface area contributed by atoms with Gasteiger partial charge in [-0.3, -0.25) is 4.79 Å². The Morgan fingerprint density at radius 3 is 2.55 bits per heavy atom. The van der Waals surface area contributed by atoms with Crippen LogP contribution in [0.4, 0.5) is 0 Å². The van der Waals surface area contributed by atoms with Gasteiger partial charge in [0.1, 0.15) is 6.10 Å². The van der Waals surface area contributed by atoms with E-state index in [0.717, 1.165) is 31.2 Å². The number of carbonyl (C=O) groups excluding carboxylic acids is 1. The molecule has 122 valence electrons. The molecule has 0 spiro atoms. The normalized spacial score (nSPS) is 23.9. The van der Waals surface area contributed by atoms with Crippen LogP contribution in [-0.4, -0.2) is 36.0 Å². The highest BCUT2D eigenvalue weighted by atomic mass is 35.5. The predicted octanol–water partition coefficient (Wildman–Crippen LogP) is 2.93. The summed E-state index contributed by atoms with van der Waals surface area (Å²) in [6.07, 6.45) is 3.61. The van der Waals surface area contributed by atoms with Crippen LogP contribution < -0.4 is 5.73 Å². The van der Waals surface area contributed by atoms with Gasteiger partial charge in [0.15, 0.2) is 0 Å². The fraction of sp³-hybridized carbons (Fsp3) is 0.562. The van der Waals surface area contributed by atoms with Gasteiger partial charge in [0.2, 0.25) is 5.91 Å². The SMILES string of the molecule is Cl.NC1(C(=O)N2CCOC(c3ccc(Cl)cc3)C2)CCCC1. The van der Waals surface area contributed by atoms with Gasteiger partial charge in [0.05, 0.1) is 18.7 Å². The number of hydrogen-bond donors (Lipinski definition) is 1. The molecule has 1 unspecified atom stereocenters. The van der Waals surface area contributed by atoms with Gasteiger partial charge in [-0.05, 0) is 30.5 Å². The van der Waals surface area contributed by atoms with E-state index < -0.39 is 5.54 Å². The number of halogens is 2. The molecule has 2 fully saturated rings. The van der Waals surface area contributed by atoms with Crippen molar-refractivity contribution in [3.63, 3.8) is 0 Å². The number of carbonyl (C=O) groups is 1. The number of ether oxygens (including phenoxy) is 1. The molecule has 1 amide bonds. The summed E-state index contributed by atoms with van der Waals surface area (Å²) in [5.74, 6) is 0.0854. The summed E-state index contributed by atoms with van der Waals surface area (Å²) >= 11 is 5.91. The summed E-state index contributed by atoms with van der Waals surface area (Å²) in [4.78, 5) is 14.5. The zero-order valence-electron chi connectivity index (χ0n) is 12.5. The molecule has 22 heavy (non-hydrogen) atoms. The van der Waals surface area contributed by atoms with Crippen molar-refractivity contribution in [2.45, 2.75) is 37.3 Å². The second-order valence-corrected chi connectivity index (χ2v) is 6.46. The summed E-state index contributed by atoms with van der Waals surface area (Å²) in [5.41, 5.74) is 6.69. The van der Waals surface area contributed by atoms with Crippen molar-refractivity contribution in [1.29, 1.82) is 0 Å². The molecule has 1 saturated carbocycles. The van der Waals surface area contributed by atoms with Gasteiger partial charge in [-0.25, -0.2) is 0 Å². The molecule has 1 aliphatic carbocycles. The lowest BCUT2D eigenvalue weighted by atomic mass is 9.96. The topological polar surface area (TPSA) is 55.6 Å². The van der Waals surface area contributed by atoms with Crippen molar-refractivity contribution in [2.75, 3.05) is 19.7 Å². The molecule has 6 heteroatoms. The first-order valence-corrected chi connectivity index (χ1v) is 7.92. The number of morpholine rings is 1. The summed E-state index contributed by atoms with van der Waals surface area (Å²) < 4.78 is 5.80. The molecule has 0 bridgehead atoms. The first-order chi connectivity index (χ1) is 10.1. The van der Waals surface area contributed by atoms with Crippen LogP contribution in [0.5, 0.6) is 0 Å². The average Bonchev–Trinajstić information content (AvgIpc) is 2.95. The van der Waals surface area contributed by atoms with Crippen molar-refractivity contribution in [1.82, 2.24) is 4.90 Å². The van der Waals surface area contributed by atoms with Crippen LogP contribution in [0, 0.1) is 0 Å². The van der Waals surface area contributed by atoms with E-state index in [9.17, 15) is 4.79 Å². The first-order valence-electron chi connectivity index (χ1n) is 7.54. The standard InChI is InChI=1S/C16H21ClN2O2.ClH/c17-13-5-3-12(4-6-13)14-11-19(9-10-21-14)15(20)16(18)7-1-2-8-16;/h3-6,14H,1-2,7-11,18H2;1H. The molecular formula is C16H22Cl2N2O2. The molecule has 1 saturated heterocycles. The lowest BCUT2D eigenvalue weighted by Crippen LogP contribution is -2.56. The quantitative estimate of drug-likeness (QED) is 0.897. The number of nitrogens with zero attached hydrogens (tertiary/aromatic N) is 1. The lowest BCUT2D eigenvalue weighted by molar-refractivity contribution is -0.144. The lowest BCUT2D eigenvalue weighted by Gasteiger charge is -2.37. The third kappa shape index (κ3) is 3.57. The summed E-state index contributed by atoms with van der Waals surface area (Å²) in [6, 6.07) is 7.61. The number of benzene rings is 1. The van der Waals surface area contributed by atoms with Gasteiger partial charge < -0.3 is 15.4 Å². The second-order valence-electron chi connectivity index (χ2n) is 6.03. The van der Waals surface area contributed by atoms with Crippen LogP contribution in [0.3, 0.4) is 0 Å². The molecular weight excluding hydrogens is 323 g/mol. The molecule has 0 aromatic heterocycles. The van der Waals surface area contributed by atoms with E-state index in [0.29, 0.717) is 24.7 Å². The van der Waals surface area contributed by atoms with Crippen LogP contribution in [0.2, 0.25) is 5.02 Å². The zero-order valence-corrected chi connectivity index (χ0v) is 14.0. The number of nitrogens with two attached hydrogens (primary N) is 1. The van der Waals surface area contributed by atoms with Crippen LogP contribution in [-0.2, 0) is 9.53 Å². The van der Waals surface area contributed by atoms with Crippen LogP contribution in [0.15, 0.2) is 24.3 Å².